The number of amides is 1. The summed E-state index contributed by atoms with van der Waals surface area (Å²) in [5.41, 5.74) is 4.58. The molecule has 0 heterocycles. The smallest absolute Gasteiger partial charge is 0.271 e. The molecule has 0 aliphatic heterocycles. The van der Waals surface area contributed by atoms with Crippen LogP contribution in [-0.2, 0) is 0 Å². The van der Waals surface area contributed by atoms with Gasteiger partial charge >= 0.3 is 0 Å². The predicted octanol–water partition coefficient (Wildman–Crippen LogP) is 4.41. The van der Waals surface area contributed by atoms with Gasteiger partial charge in [-0.1, -0.05) is 45.9 Å². The minimum Gasteiger partial charge on any atom is -0.507 e. The molecule has 0 saturated carbocycles. The Labute approximate surface area is 157 Å². The molecule has 2 aromatic rings. The summed E-state index contributed by atoms with van der Waals surface area (Å²) < 4.78 is 0.627. The fourth-order valence-corrected chi connectivity index (χ4v) is 1.89. The van der Waals surface area contributed by atoms with Crippen molar-refractivity contribution in [2.24, 2.45) is 5.10 Å². The number of hydrogen-bond donors (Lipinski definition) is 2. The van der Waals surface area contributed by atoms with Gasteiger partial charge in [-0.15, -0.1) is 0 Å². The molecule has 142 valence electrons. The van der Waals surface area contributed by atoms with Gasteiger partial charge < -0.3 is 5.11 Å². The first-order valence-corrected chi connectivity index (χ1v) is 8.91. The van der Waals surface area contributed by atoms with Crippen LogP contribution in [0.2, 0.25) is 0 Å². The Morgan fingerprint density at radius 1 is 1.00 bits per heavy atom. The van der Waals surface area contributed by atoms with Crippen molar-refractivity contribution in [3.63, 3.8) is 0 Å². The Morgan fingerprint density at radius 3 is 2.19 bits per heavy atom. The molecule has 26 heavy (non-hydrogen) atoms. The second kappa shape index (κ2) is 11.8. The van der Waals surface area contributed by atoms with Gasteiger partial charge in [-0.25, -0.2) is 5.43 Å². The third-order valence-electron chi connectivity index (χ3n) is 3.19. The number of phenols is 1. The number of nitrogens with zero attached hydrogens (tertiary/aromatic N) is 2. The first-order chi connectivity index (χ1) is 12.4. The molecule has 0 radical (unpaired) electrons. The third-order valence-corrected chi connectivity index (χ3v) is 3.19. The summed E-state index contributed by atoms with van der Waals surface area (Å²) in [6, 6.07) is 14.2. The van der Waals surface area contributed by atoms with Crippen molar-refractivity contribution in [2.45, 2.75) is 27.7 Å². The van der Waals surface area contributed by atoms with Crippen LogP contribution < -0.4 is 9.91 Å². The molecular formula is C21H32N3O2+. The van der Waals surface area contributed by atoms with Crippen molar-refractivity contribution in [2.75, 3.05) is 21.1 Å². The number of quaternary nitrogens is 1. The van der Waals surface area contributed by atoms with Crippen LogP contribution in [0.5, 0.6) is 5.75 Å². The maximum Gasteiger partial charge on any atom is 0.271 e. The summed E-state index contributed by atoms with van der Waals surface area (Å²) in [6.07, 6.45) is 1.41. The van der Waals surface area contributed by atoms with Gasteiger partial charge in [0.15, 0.2) is 0 Å². The van der Waals surface area contributed by atoms with Crippen LogP contribution in [0.15, 0.2) is 53.6 Å². The van der Waals surface area contributed by atoms with Gasteiger partial charge in [0, 0.05) is 17.2 Å². The molecule has 0 bridgehead atoms. The van der Waals surface area contributed by atoms with E-state index in [-0.39, 0.29) is 11.7 Å². The van der Waals surface area contributed by atoms with Gasteiger partial charge in [-0.3, -0.25) is 9.28 Å². The predicted molar refractivity (Wildman–Crippen MR) is 112 cm³/mol. The highest BCUT2D eigenvalue weighted by Crippen LogP contribution is 2.18. The molecule has 2 N–H and O–H groups in total. The lowest BCUT2D eigenvalue weighted by Gasteiger charge is -2.23. The molecule has 0 aliphatic rings. The number of phenolic OH excluding ortho intramolecular Hbond substituents is 1. The molecule has 5 nitrogen and oxygen atoms in total. The topological polar surface area (TPSA) is 61.7 Å². The number of nitrogens with one attached hydrogen (secondary N) is 1. The molecule has 0 aromatic heterocycles. The van der Waals surface area contributed by atoms with E-state index in [9.17, 15) is 9.90 Å². The van der Waals surface area contributed by atoms with Gasteiger partial charge in [0.05, 0.1) is 27.4 Å². The Morgan fingerprint density at radius 2 is 1.62 bits per heavy atom. The maximum atomic E-state index is 12.1. The standard InChI is InChI=1S/C17H19N3O2.2C2H6/c1-20(2,3)15-9-6-8-13(11-15)17(22)19-18-12-14-7-4-5-10-16(14)21;2*1-2/h4-12H,1-3H3,(H-,18,19,21,22);2*1-2H3/p+1. The highest BCUT2D eigenvalue weighted by atomic mass is 16.3. The van der Waals surface area contributed by atoms with Crippen molar-refractivity contribution in [3.8, 4) is 5.75 Å². The van der Waals surface area contributed by atoms with E-state index in [4.69, 9.17) is 0 Å². The Hall–Kier alpha value is -2.66. The monoisotopic (exact) mass is 358 g/mol. The zero-order chi connectivity index (χ0) is 20.2. The van der Waals surface area contributed by atoms with Gasteiger partial charge in [0.25, 0.3) is 5.91 Å². The average Bonchev–Trinajstić information content (AvgIpc) is 2.66. The zero-order valence-electron chi connectivity index (χ0n) is 16.9. The number of rotatable bonds is 4. The van der Waals surface area contributed by atoms with Crippen molar-refractivity contribution < 1.29 is 9.90 Å². The molecule has 0 aliphatic carbocycles. The number of benzene rings is 2. The normalized spacial score (nSPS) is 10.3. The summed E-state index contributed by atoms with van der Waals surface area (Å²) in [5.74, 6) is -0.172. The van der Waals surface area contributed by atoms with E-state index in [1.165, 1.54) is 6.21 Å². The van der Waals surface area contributed by atoms with Crippen molar-refractivity contribution >= 4 is 17.8 Å². The van der Waals surface area contributed by atoms with Crippen molar-refractivity contribution in [1.82, 2.24) is 9.91 Å². The Kier molecular flexibility index (Phi) is 10.6. The van der Waals surface area contributed by atoms with Crippen LogP contribution in [0.4, 0.5) is 5.69 Å². The number of para-hydroxylation sites is 1. The molecule has 0 fully saturated rings. The minimum absolute atomic E-state index is 0.118. The summed E-state index contributed by atoms with van der Waals surface area (Å²) in [5, 5.41) is 13.5. The van der Waals surface area contributed by atoms with Gasteiger partial charge in [-0.05, 0) is 24.3 Å². The van der Waals surface area contributed by atoms with Crippen LogP contribution in [0, 0.1) is 0 Å². The van der Waals surface area contributed by atoms with Crippen molar-refractivity contribution in [3.05, 3.63) is 59.7 Å². The molecule has 5 heteroatoms. The van der Waals surface area contributed by atoms with E-state index in [2.05, 4.69) is 10.5 Å². The van der Waals surface area contributed by atoms with E-state index >= 15 is 0 Å². The molecular weight excluding hydrogens is 326 g/mol. The highest BCUT2D eigenvalue weighted by molar-refractivity contribution is 5.95. The minimum atomic E-state index is -0.290. The Balaban J connectivity index is 0.00000146. The molecule has 0 saturated heterocycles. The van der Waals surface area contributed by atoms with Crippen LogP contribution in [0.25, 0.3) is 0 Å². The van der Waals surface area contributed by atoms with Crippen LogP contribution in [0.3, 0.4) is 0 Å². The van der Waals surface area contributed by atoms with E-state index in [0.29, 0.717) is 15.6 Å². The molecule has 1 amide bonds. The van der Waals surface area contributed by atoms with Crippen LogP contribution in [0.1, 0.15) is 43.6 Å². The van der Waals surface area contributed by atoms with Crippen LogP contribution >= 0.6 is 0 Å². The number of hydrazone groups is 1. The lowest BCUT2D eigenvalue weighted by Crippen LogP contribution is -2.35. The summed E-state index contributed by atoms with van der Waals surface area (Å²) in [6.45, 7) is 8.00. The second-order valence-corrected chi connectivity index (χ2v) is 5.82. The Bertz CT molecular complexity index is 704. The third kappa shape index (κ3) is 7.49. The number of aromatic hydroxyl groups is 1. The first-order valence-electron chi connectivity index (χ1n) is 8.91. The summed E-state index contributed by atoms with van der Waals surface area (Å²) in [4.78, 5) is 12.1. The summed E-state index contributed by atoms with van der Waals surface area (Å²) >= 11 is 0. The lowest BCUT2D eigenvalue weighted by atomic mass is 10.1. The van der Waals surface area contributed by atoms with E-state index < -0.39 is 0 Å². The largest absolute Gasteiger partial charge is 0.507 e. The molecule has 0 atom stereocenters. The van der Waals surface area contributed by atoms with E-state index in [1.807, 2.05) is 67.0 Å². The molecule has 0 spiro atoms. The van der Waals surface area contributed by atoms with Crippen molar-refractivity contribution in [1.29, 1.82) is 0 Å². The van der Waals surface area contributed by atoms with Crippen LogP contribution in [-0.4, -0.2) is 38.4 Å². The number of hydrogen-bond acceptors (Lipinski definition) is 3. The SMILES string of the molecule is CC.CC.C[N+](C)(C)c1cccc(C(=O)N/N=C/c2ccccc2O)c1. The fourth-order valence-electron chi connectivity index (χ4n) is 1.89. The number of carbonyl (C=O) groups excluding carboxylic acids is 1. The average molecular weight is 359 g/mol. The van der Waals surface area contributed by atoms with E-state index in [1.54, 1.807) is 30.3 Å². The van der Waals surface area contributed by atoms with Gasteiger partial charge in [0.2, 0.25) is 0 Å². The zero-order valence-corrected chi connectivity index (χ0v) is 16.9. The molecule has 2 aromatic carbocycles. The first kappa shape index (κ1) is 23.3. The maximum absolute atomic E-state index is 12.1. The molecule has 2 rings (SSSR count). The quantitative estimate of drug-likeness (QED) is 0.483. The second-order valence-electron chi connectivity index (χ2n) is 5.82. The van der Waals surface area contributed by atoms with Gasteiger partial charge in [-0.2, -0.15) is 5.10 Å². The highest BCUT2D eigenvalue weighted by Gasteiger charge is 2.14. The number of carbonyl (C=O) groups is 1. The summed E-state index contributed by atoms with van der Waals surface area (Å²) in [7, 11) is 6.11. The molecule has 0 unspecified atom stereocenters. The van der Waals surface area contributed by atoms with Gasteiger partial charge in [0.1, 0.15) is 11.4 Å². The fraction of sp³-hybridized carbons (Fsp3) is 0.333. The van der Waals surface area contributed by atoms with E-state index in [0.717, 1.165) is 5.69 Å². The lowest BCUT2D eigenvalue weighted by molar-refractivity contribution is 0.0955.